The zero-order chi connectivity index (χ0) is 10.7. The summed E-state index contributed by atoms with van der Waals surface area (Å²) in [5.41, 5.74) is 13.1. The van der Waals surface area contributed by atoms with Crippen LogP contribution in [0.1, 0.15) is 43.7 Å². The Kier molecular flexibility index (Phi) is 5.03. The van der Waals surface area contributed by atoms with Gasteiger partial charge in [-0.1, -0.05) is 25.3 Å². The van der Waals surface area contributed by atoms with E-state index in [1.165, 1.54) is 32.1 Å². The molecular weight excluding hydrogens is 222 g/mol. The number of pyridine rings is 1. The predicted octanol–water partition coefficient (Wildman–Crippen LogP) is 2.67. The van der Waals surface area contributed by atoms with Gasteiger partial charge in [-0.3, -0.25) is 0 Å². The smallest absolute Gasteiger partial charge is 0.128 e. The summed E-state index contributed by atoms with van der Waals surface area (Å²) in [4.78, 5) is 4.09. The lowest BCUT2D eigenvalue weighted by Crippen LogP contribution is -2.24. The van der Waals surface area contributed by atoms with Crippen LogP contribution in [0.4, 0.5) is 5.82 Å². The summed E-state index contributed by atoms with van der Waals surface area (Å²) in [5.74, 6) is 1.18. The zero-order valence-electron chi connectivity index (χ0n) is 9.43. The molecule has 0 saturated heterocycles. The van der Waals surface area contributed by atoms with Crippen LogP contribution in [-0.2, 0) is 0 Å². The highest BCUT2D eigenvalue weighted by Crippen LogP contribution is 2.34. The van der Waals surface area contributed by atoms with E-state index in [2.05, 4.69) is 4.98 Å². The van der Waals surface area contributed by atoms with Crippen molar-refractivity contribution in [3.8, 4) is 0 Å². The Morgan fingerprint density at radius 1 is 1.25 bits per heavy atom. The van der Waals surface area contributed by atoms with Crippen molar-refractivity contribution in [2.75, 3.05) is 5.73 Å². The fraction of sp³-hybridized carbons (Fsp3) is 0.583. The summed E-state index contributed by atoms with van der Waals surface area (Å²) >= 11 is 0. The second-order valence-corrected chi connectivity index (χ2v) is 4.40. The topological polar surface area (TPSA) is 64.9 Å². The van der Waals surface area contributed by atoms with E-state index in [1.807, 2.05) is 12.1 Å². The molecule has 1 heterocycles. The molecule has 0 unspecified atom stereocenters. The highest BCUT2D eigenvalue weighted by Gasteiger charge is 2.23. The molecule has 4 N–H and O–H groups in total. The largest absolute Gasteiger partial charge is 0.383 e. The molecule has 16 heavy (non-hydrogen) atoms. The number of hydrogen-bond acceptors (Lipinski definition) is 3. The molecule has 4 heteroatoms. The van der Waals surface area contributed by atoms with Crippen molar-refractivity contribution < 1.29 is 0 Å². The van der Waals surface area contributed by atoms with E-state index in [4.69, 9.17) is 11.5 Å². The summed E-state index contributed by atoms with van der Waals surface area (Å²) in [7, 11) is 0. The Balaban J connectivity index is 0.00000128. The van der Waals surface area contributed by atoms with Crippen LogP contribution in [-0.4, -0.2) is 4.98 Å². The van der Waals surface area contributed by atoms with E-state index < -0.39 is 0 Å². The number of rotatable bonds is 2. The van der Waals surface area contributed by atoms with E-state index in [1.54, 1.807) is 6.20 Å². The standard InChI is InChI=1S/C12H19N3.ClH/c13-11(9-5-2-1-3-6-9)10-7-4-8-15-12(10)14;/h4,7-9,11H,1-3,5-6,13H2,(H2,14,15);1H/t11-;/m0./s1. The van der Waals surface area contributed by atoms with E-state index in [0.717, 1.165) is 5.56 Å². The summed E-state index contributed by atoms with van der Waals surface area (Å²) in [5, 5.41) is 0. The maximum atomic E-state index is 6.25. The molecule has 1 atom stereocenters. The van der Waals surface area contributed by atoms with Crippen LogP contribution in [0.2, 0.25) is 0 Å². The molecule has 0 aromatic carbocycles. The quantitative estimate of drug-likeness (QED) is 0.837. The Morgan fingerprint density at radius 2 is 1.94 bits per heavy atom. The molecule has 1 saturated carbocycles. The van der Waals surface area contributed by atoms with Crippen molar-refractivity contribution in [2.45, 2.75) is 38.1 Å². The molecule has 1 aliphatic carbocycles. The zero-order valence-corrected chi connectivity index (χ0v) is 10.2. The minimum atomic E-state index is 0. The molecule has 0 bridgehead atoms. The Hall–Kier alpha value is -0.800. The number of nitrogen functional groups attached to an aromatic ring is 1. The monoisotopic (exact) mass is 241 g/mol. The van der Waals surface area contributed by atoms with Crippen molar-refractivity contribution in [3.63, 3.8) is 0 Å². The summed E-state index contributed by atoms with van der Waals surface area (Å²) in [6.07, 6.45) is 8.14. The maximum Gasteiger partial charge on any atom is 0.128 e. The van der Waals surface area contributed by atoms with E-state index in [-0.39, 0.29) is 18.4 Å². The van der Waals surface area contributed by atoms with Gasteiger partial charge in [-0.2, -0.15) is 0 Å². The van der Waals surface area contributed by atoms with Crippen LogP contribution in [0, 0.1) is 5.92 Å². The highest BCUT2D eigenvalue weighted by atomic mass is 35.5. The van der Waals surface area contributed by atoms with Gasteiger partial charge in [0.1, 0.15) is 5.82 Å². The van der Waals surface area contributed by atoms with Gasteiger partial charge in [0, 0.05) is 17.8 Å². The fourth-order valence-electron chi connectivity index (χ4n) is 2.46. The molecule has 0 amide bonds. The van der Waals surface area contributed by atoms with E-state index in [0.29, 0.717) is 11.7 Å². The maximum absolute atomic E-state index is 6.25. The van der Waals surface area contributed by atoms with E-state index >= 15 is 0 Å². The molecule has 0 aliphatic heterocycles. The van der Waals surface area contributed by atoms with Gasteiger partial charge in [0.2, 0.25) is 0 Å². The molecule has 1 aliphatic rings. The second-order valence-electron chi connectivity index (χ2n) is 4.40. The number of hydrogen-bond donors (Lipinski definition) is 2. The molecule has 2 rings (SSSR count). The Morgan fingerprint density at radius 3 is 2.56 bits per heavy atom. The van der Waals surface area contributed by atoms with Crippen molar-refractivity contribution in [1.29, 1.82) is 0 Å². The first kappa shape index (κ1) is 13.3. The molecular formula is C12H20ClN3. The van der Waals surface area contributed by atoms with Gasteiger partial charge in [0.25, 0.3) is 0 Å². The van der Waals surface area contributed by atoms with Gasteiger partial charge >= 0.3 is 0 Å². The minimum absolute atomic E-state index is 0. The third-order valence-electron chi connectivity index (χ3n) is 3.39. The van der Waals surface area contributed by atoms with Crippen LogP contribution in [0.3, 0.4) is 0 Å². The number of aromatic nitrogens is 1. The molecule has 1 aromatic heterocycles. The van der Waals surface area contributed by atoms with Gasteiger partial charge < -0.3 is 11.5 Å². The molecule has 1 aromatic rings. The Bertz CT molecular complexity index is 324. The molecule has 3 nitrogen and oxygen atoms in total. The van der Waals surface area contributed by atoms with Crippen LogP contribution in [0.25, 0.3) is 0 Å². The summed E-state index contributed by atoms with van der Waals surface area (Å²) < 4.78 is 0. The van der Waals surface area contributed by atoms with Gasteiger partial charge in [-0.15, -0.1) is 12.4 Å². The lowest BCUT2D eigenvalue weighted by atomic mass is 9.82. The highest BCUT2D eigenvalue weighted by molar-refractivity contribution is 5.85. The molecule has 0 spiro atoms. The lowest BCUT2D eigenvalue weighted by molar-refractivity contribution is 0.308. The van der Waals surface area contributed by atoms with Crippen LogP contribution in [0.5, 0.6) is 0 Å². The first-order chi connectivity index (χ1) is 7.29. The number of halogens is 1. The summed E-state index contributed by atoms with van der Waals surface area (Å²) in [6.45, 7) is 0. The molecule has 0 radical (unpaired) electrons. The molecule has 1 fully saturated rings. The number of nitrogens with two attached hydrogens (primary N) is 2. The lowest BCUT2D eigenvalue weighted by Gasteiger charge is -2.28. The van der Waals surface area contributed by atoms with E-state index in [9.17, 15) is 0 Å². The number of nitrogens with zero attached hydrogens (tertiary/aromatic N) is 1. The van der Waals surface area contributed by atoms with Crippen molar-refractivity contribution in [2.24, 2.45) is 11.7 Å². The number of anilines is 1. The fourth-order valence-corrected chi connectivity index (χ4v) is 2.46. The first-order valence-corrected chi connectivity index (χ1v) is 5.75. The van der Waals surface area contributed by atoms with Crippen LogP contribution >= 0.6 is 12.4 Å². The first-order valence-electron chi connectivity index (χ1n) is 5.75. The minimum Gasteiger partial charge on any atom is -0.383 e. The van der Waals surface area contributed by atoms with Crippen molar-refractivity contribution >= 4 is 18.2 Å². The average molecular weight is 242 g/mol. The molecule has 90 valence electrons. The van der Waals surface area contributed by atoms with Crippen LogP contribution < -0.4 is 11.5 Å². The second kappa shape index (κ2) is 6.06. The van der Waals surface area contributed by atoms with Gasteiger partial charge in [0.15, 0.2) is 0 Å². The van der Waals surface area contributed by atoms with Crippen LogP contribution in [0.15, 0.2) is 18.3 Å². The van der Waals surface area contributed by atoms with Gasteiger partial charge in [-0.25, -0.2) is 4.98 Å². The average Bonchev–Trinajstić information content (AvgIpc) is 2.30. The predicted molar refractivity (Wildman–Crippen MR) is 69.4 cm³/mol. The Labute approximate surface area is 103 Å². The SMILES string of the molecule is Cl.Nc1ncccc1[C@@H](N)C1CCCCC1. The van der Waals surface area contributed by atoms with Crippen molar-refractivity contribution in [1.82, 2.24) is 4.98 Å². The van der Waals surface area contributed by atoms with Crippen molar-refractivity contribution in [3.05, 3.63) is 23.9 Å². The third-order valence-corrected chi connectivity index (χ3v) is 3.39. The van der Waals surface area contributed by atoms with Gasteiger partial charge in [0.05, 0.1) is 0 Å². The van der Waals surface area contributed by atoms with Gasteiger partial charge in [-0.05, 0) is 24.8 Å². The summed E-state index contributed by atoms with van der Waals surface area (Å²) in [6, 6.07) is 3.98. The normalized spacial score (nSPS) is 18.8. The third kappa shape index (κ3) is 2.86.